The van der Waals surface area contributed by atoms with Crippen LogP contribution in [0.15, 0.2) is 182 Å². The lowest BCUT2D eigenvalue weighted by Gasteiger charge is -2.14. The molecule has 1 aliphatic carbocycles. The number of rotatable bonds is 5. The first kappa shape index (κ1) is 29.3. The van der Waals surface area contributed by atoms with E-state index in [9.17, 15) is 0 Å². The lowest BCUT2D eigenvalue weighted by atomic mass is 9.91. The summed E-state index contributed by atoms with van der Waals surface area (Å²) in [5.74, 6) is 1.12. The van der Waals surface area contributed by atoms with Crippen molar-refractivity contribution in [2.24, 2.45) is 0 Å². The zero-order valence-corrected chi connectivity index (χ0v) is 27.9. The van der Waals surface area contributed by atoms with Gasteiger partial charge in [0.05, 0.1) is 22.4 Å². The summed E-state index contributed by atoms with van der Waals surface area (Å²) in [5, 5.41) is 7.60. The second-order valence-electron chi connectivity index (χ2n) is 13.3. The maximum absolute atomic E-state index is 5.16. The molecule has 2 aromatic heterocycles. The molecule has 3 heteroatoms. The Kier molecular flexibility index (Phi) is 6.95. The van der Waals surface area contributed by atoms with E-state index >= 15 is 0 Å². The quantitative estimate of drug-likeness (QED) is 0.185. The van der Waals surface area contributed by atoms with Crippen molar-refractivity contribution in [1.82, 2.24) is 14.5 Å². The van der Waals surface area contributed by atoms with Crippen LogP contribution in [0.25, 0.3) is 82.9 Å². The Balaban J connectivity index is 1.11. The number of fused-ring (bicyclic) bond motifs is 7. The van der Waals surface area contributed by atoms with E-state index in [1.54, 1.807) is 0 Å². The first-order chi connectivity index (χ1) is 25.3. The molecule has 51 heavy (non-hydrogen) atoms. The van der Waals surface area contributed by atoms with Gasteiger partial charge in [0, 0.05) is 39.1 Å². The monoisotopic (exact) mass is 651 g/mol. The summed E-state index contributed by atoms with van der Waals surface area (Å²) < 4.78 is 2.40. The molecule has 240 valence electrons. The molecule has 1 atom stereocenters. The standard InChI is InChI=1S/C48H33N3/c1-3-11-32(12-4-1)33-19-21-37(22-20-33)43-31-42(36-15-5-2-6-16-36)49-48(50-43)38-23-27-39(28-24-38)51-44-29-25-34-13-7-9-17-40(34)46(44)47-41-18-10-8-14-35(41)26-30-45(47)51/h1-11,13-32H,12H2. The van der Waals surface area contributed by atoms with Crippen molar-refractivity contribution >= 4 is 43.4 Å². The summed E-state index contributed by atoms with van der Waals surface area (Å²) in [5.41, 5.74) is 9.76. The average molecular weight is 652 g/mol. The molecule has 0 radical (unpaired) electrons. The third-order valence-corrected chi connectivity index (χ3v) is 10.3. The molecule has 10 rings (SSSR count). The zero-order valence-electron chi connectivity index (χ0n) is 27.9. The van der Waals surface area contributed by atoms with Crippen LogP contribution in [-0.2, 0) is 0 Å². The summed E-state index contributed by atoms with van der Waals surface area (Å²) in [6.45, 7) is 0. The van der Waals surface area contributed by atoms with E-state index < -0.39 is 0 Å². The average Bonchev–Trinajstić information content (AvgIpc) is 3.57. The molecule has 0 spiro atoms. The Morgan fingerprint density at radius 3 is 1.67 bits per heavy atom. The molecule has 3 nitrogen and oxygen atoms in total. The maximum Gasteiger partial charge on any atom is 0.160 e. The van der Waals surface area contributed by atoms with Crippen LogP contribution in [0.1, 0.15) is 17.9 Å². The van der Waals surface area contributed by atoms with Crippen LogP contribution in [-0.4, -0.2) is 14.5 Å². The van der Waals surface area contributed by atoms with Crippen LogP contribution in [0.3, 0.4) is 0 Å². The van der Waals surface area contributed by atoms with Crippen LogP contribution in [0, 0.1) is 0 Å². The van der Waals surface area contributed by atoms with Gasteiger partial charge in [0.25, 0.3) is 0 Å². The minimum absolute atomic E-state index is 0.412. The van der Waals surface area contributed by atoms with Gasteiger partial charge in [0.1, 0.15) is 0 Å². The number of nitrogens with zero attached hydrogens (tertiary/aromatic N) is 3. The molecule has 7 aromatic carbocycles. The maximum atomic E-state index is 5.16. The van der Waals surface area contributed by atoms with Gasteiger partial charge in [-0.05, 0) is 76.0 Å². The van der Waals surface area contributed by atoms with Crippen LogP contribution < -0.4 is 0 Å². The van der Waals surface area contributed by atoms with E-state index in [4.69, 9.17) is 9.97 Å². The highest BCUT2D eigenvalue weighted by atomic mass is 15.0. The predicted molar refractivity (Wildman–Crippen MR) is 213 cm³/mol. The molecule has 0 N–H and O–H groups in total. The van der Waals surface area contributed by atoms with Crippen molar-refractivity contribution in [3.63, 3.8) is 0 Å². The van der Waals surface area contributed by atoms with E-state index in [0.717, 1.165) is 40.2 Å². The van der Waals surface area contributed by atoms with Crippen molar-refractivity contribution in [2.45, 2.75) is 12.3 Å². The molecular weight excluding hydrogens is 619 g/mol. The van der Waals surface area contributed by atoms with Gasteiger partial charge in [-0.1, -0.05) is 140 Å². The smallest absolute Gasteiger partial charge is 0.160 e. The molecule has 0 fully saturated rings. The highest BCUT2D eigenvalue weighted by Gasteiger charge is 2.18. The number of benzene rings is 7. The Labute approximate surface area is 296 Å². The third kappa shape index (κ3) is 5.05. The molecule has 2 heterocycles. The van der Waals surface area contributed by atoms with Gasteiger partial charge < -0.3 is 4.57 Å². The third-order valence-electron chi connectivity index (χ3n) is 10.3. The second kappa shape index (κ2) is 12.1. The van der Waals surface area contributed by atoms with E-state index in [1.165, 1.54) is 48.9 Å². The van der Waals surface area contributed by atoms with Crippen molar-refractivity contribution < 1.29 is 0 Å². The largest absolute Gasteiger partial charge is 0.309 e. The Bertz CT molecular complexity index is 2710. The molecule has 0 bridgehead atoms. The molecule has 0 aliphatic heterocycles. The van der Waals surface area contributed by atoms with Gasteiger partial charge in [-0.25, -0.2) is 9.97 Å². The van der Waals surface area contributed by atoms with Crippen LogP contribution in [0.4, 0.5) is 0 Å². The van der Waals surface area contributed by atoms with Crippen molar-refractivity contribution in [3.05, 3.63) is 188 Å². The zero-order chi connectivity index (χ0) is 33.7. The lowest BCUT2D eigenvalue weighted by molar-refractivity contribution is 0.854. The molecule has 0 saturated heterocycles. The molecule has 0 amide bonds. The summed E-state index contributed by atoms with van der Waals surface area (Å²) in [4.78, 5) is 10.3. The first-order valence-electron chi connectivity index (χ1n) is 17.6. The summed E-state index contributed by atoms with van der Waals surface area (Å²) >= 11 is 0. The molecule has 9 aromatic rings. The number of aromatic nitrogens is 3. The fourth-order valence-electron chi connectivity index (χ4n) is 7.80. The van der Waals surface area contributed by atoms with Crippen LogP contribution >= 0.6 is 0 Å². The van der Waals surface area contributed by atoms with Gasteiger partial charge in [-0.2, -0.15) is 0 Å². The molecular formula is C48H33N3. The van der Waals surface area contributed by atoms with E-state index in [1.807, 2.05) is 6.07 Å². The fraction of sp³-hybridized carbons (Fsp3) is 0.0417. The van der Waals surface area contributed by atoms with Gasteiger partial charge in [0.2, 0.25) is 0 Å². The van der Waals surface area contributed by atoms with E-state index in [-0.39, 0.29) is 0 Å². The molecule has 1 aliphatic rings. The molecule has 0 saturated carbocycles. The Morgan fingerprint density at radius 2 is 1.06 bits per heavy atom. The van der Waals surface area contributed by atoms with Crippen molar-refractivity contribution in [3.8, 4) is 39.6 Å². The number of hydrogen-bond acceptors (Lipinski definition) is 2. The first-order valence-corrected chi connectivity index (χ1v) is 17.6. The summed E-state index contributed by atoms with van der Waals surface area (Å²) in [7, 11) is 0. The van der Waals surface area contributed by atoms with Crippen LogP contribution in [0.5, 0.6) is 0 Å². The SMILES string of the molecule is C1=CCC(c2ccc(-c3cc(-c4ccccc4)nc(-c4ccc(-n5c6ccc7ccccc7c6c6c7ccccc7ccc65)cc4)n3)cc2)C=C1. The predicted octanol–water partition coefficient (Wildman–Crippen LogP) is 12.5. The number of hydrogen-bond donors (Lipinski definition) is 0. The number of allylic oxidation sites excluding steroid dienone is 4. The van der Waals surface area contributed by atoms with Crippen molar-refractivity contribution in [2.75, 3.05) is 0 Å². The summed E-state index contributed by atoms with van der Waals surface area (Å²) in [6, 6.07) is 56.5. The van der Waals surface area contributed by atoms with Gasteiger partial charge in [-0.15, -0.1) is 0 Å². The lowest BCUT2D eigenvalue weighted by Crippen LogP contribution is -1.98. The highest BCUT2D eigenvalue weighted by molar-refractivity contribution is 6.28. The van der Waals surface area contributed by atoms with Gasteiger partial charge >= 0.3 is 0 Å². The van der Waals surface area contributed by atoms with Crippen molar-refractivity contribution in [1.29, 1.82) is 0 Å². The second-order valence-corrected chi connectivity index (χ2v) is 13.3. The fourth-order valence-corrected chi connectivity index (χ4v) is 7.80. The normalized spacial score (nSPS) is 14.2. The van der Waals surface area contributed by atoms with E-state index in [0.29, 0.717) is 11.7 Å². The van der Waals surface area contributed by atoms with Crippen LogP contribution in [0.2, 0.25) is 0 Å². The Hall–Kier alpha value is -6.58. The van der Waals surface area contributed by atoms with Gasteiger partial charge in [0.15, 0.2) is 5.82 Å². The van der Waals surface area contributed by atoms with E-state index in [2.05, 4.69) is 181 Å². The highest BCUT2D eigenvalue weighted by Crippen LogP contribution is 2.41. The minimum atomic E-state index is 0.412. The van der Waals surface area contributed by atoms with Gasteiger partial charge in [-0.3, -0.25) is 0 Å². The summed E-state index contributed by atoms with van der Waals surface area (Å²) in [6.07, 6.45) is 9.80. The minimum Gasteiger partial charge on any atom is -0.309 e. The molecule has 1 unspecified atom stereocenters. The topological polar surface area (TPSA) is 30.7 Å². The Morgan fingerprint density at radius 1 is 0.490 bits per heavy atom.